The van der Waals surface area contributed by atoms with E-state index in [1.807, 2.05) is 37.3 Å². The van der Waals surface area contributed by atoms with Crippen molar-refractivity contribution in [1.82, 2.24) is 5.32 Å². The Balaban J connectivity index is 1.65. The number of carbonyl (C=O) groups excluding carboxylic acids is 3. The fourth-order valence-corrected chi connectivity index (χ4v) is 2.77. The average molecular weight is 443 g/mol. The molecule has 0 saturated heterocycles. The standard InChI is InChI=1S/C23H26N2O5S/c1-2-15-30-22(28)18-8-10-19(11-9-18)24-23(31)25-20(26)12-13-21(27)29-16-14-17-6-4-3-5-7-17/h3-11H,2,12-16H2,1H3,(H2,24,25,26,31). The van der Waals surface area contributed by atoms with E-state index in [0.29, 0.717) is 24.3 Å². The van der Waals surface area contributed by atoms with Crippen molar-refractivity contribution in [2.24, 2.45) is 0 Å². The summed E-state index contributed by atoms with van der Waals surface area (Å²) in [6.07, 6.45) is 1.32. The molecule has 2 aromatic rings. The van der Waals surface area contributed by atoms with Gasteiger partial charge in [-0.2, -0.15) is 0 Å². The largest absolute Gasteiger partial charge is 0.465 e. The molecule has 0 aliphatic carbocycles. The molecule has 0 atom stereocenters. The molecule has 0 heterocycles. The number of hydrogen-bond donors (Lipinski definition) is 2. The van der Waals surface area contributed by atoms with Crippen LogP contribution in [0.5, 0.6) is 0 Å². The van der Waals surface area contributed by atoms with Gasteiger partial charge >= 0.3 is 11.9 Å². The van der Waals surface area contributed by atoms with E-state index in [1.54, 1.807) is 24.3 Å². The number of amides is 1. The Kier molecular flexibility index (Phi) is 10.2. The van der Waals surface area contributed by atoms with Crippen LogP contribution in [0.3, 0.4) is 0 Å². The second-order valence-electron chi connectivity index (χ2n) is 6.67. The molecule has 0 fully saturated rings. The van der Waals surface area contributed by atoms with Crippen LogP contribution < -0.4 is 10.6 Å². The quantitative estimate of drug-likeness (QED) is 0.429. The number of anilines is 1. The van der Waals surface area contributed by atoms with Crippen molar-refractivity contribution in [3.63, 3.8) is 0 Å². The highest BCUT2D eigenvalue weighted by Gasteiger charge is 2.11. The number of benzene rings is 2. The van der Waals surface area contributed by atoms with Gasteiger partial charge in [0.05, 0.1) is 25.2 Å². The van der Waals surface area contributed by atoms with Gasteiger partial charge in [0.1, 0.15) is 0 Å². The maximum atomic E-state index is 12.0. The van der Waals surface area contributed by atoms with Gasteiger partial charge in [-0.05, 0) is 48.5 Å². The molecule has 2 aromatic carbocycles. The third kappa shape index (κ3) is 9.39. The smallest absolute Gasteiger partial charge is 0.338 e. The zero-order valence-corrected chi connectivity index (χ0v) is 18.2. The number of nitrogens with one attached hydrogen (secondary N) is 2. The maximum absolute atomic E-state index is 12.0. The van der Waals surface area contributed by atoms with Crippen LogP contribution in [0.2, 0.25) is 0 Å². The van der Waals surface area contributed by atoms with Crippen molar-refractivity contribution in [1.29, 1.82) is 0 Å². The topological polar surface area (TPSA) is 93.7 Å². The fourth-order valence-electron chi connectivity index (χ4n) is 2.53. The molecule has 0 aliphatic rings. The molecule has 2 N–H and O–H groups in total. The zero-order chi connectivity index (χ0) is 22.5. The lowest BCUT2D eigenvalue weighted by molar-refractivity contribution is -0.144. The highest BCUT2D eigenvalue weighted by molar-refractivity contribution is 7.80. The number of rotatable bonds is 10. The molecular formula is C23H26N2O5S. The summed E-state index contributed by atoms with van der Waals surface area (Å²) in [5, 5.41) is 5.47. The van der Waals surface area contributed by atoms with Gasteiger partial charge < -0.3 is 20.1 Å². The number of esters is 2. The molecule has 8 heteroatoms. The van der Waals surface area contributed by atoms with Gasteiger partial charge in [0, 0.05) is 18.5 Å². The number of thiocarbonyl (C=S) groups is 1. The molecule has 7 nitrogen and oxygen atoms in total. The fraction of sp³-hybridized carbons (Fsp3) is 0.304. The Morgan fingerprint density at radius 3 is 2.29 bits per heavy atom. The van der Waals surface area contributed by atoms with Gasteiger partial charge in [0.15, 0.2) is 5.11 Å². The summed E-state index contributed by atoms with van der Waals surface area (Å²) in [6.45, 7) is 2.56. The zero-order valence-electron chi connectivity index (χ0n) is 17.4. The van der Waals surface area contributed by atoms with Gasteiger partial charge in [0.25, 0.3) is 0 Å². The van der Waals surface area contributed by atoms with E-state index >= 15 is 0 Å². The Bertz CT molecular complexity index is 885. The van der Waals surface area contributed by atoms with Crippen LogP contribution in [0.25, 0.3) is 0 Å². The molecule has 31 heavy (non-hydrogen) atoms. The van der Waals surface area contributed by atoms with Crippen LogP contribution in [0, 0.1) is 0 Å². The van der Waals surface area contributed by atoms with Crippen molar-refractivity contribution in [3.8, 4) is 0 Å². The monoisotopic (exact) mass is 442 g/mol. The van der Waals surface area contributed by atoms with Crippen molar-refractivity contribution >= 4 is 40.9 Å². The molecular weight excluding hydrogens is 416 g/mol. The lowest BCUT2D eigenvalue weighted by atomic mass is 10.2. The number of hydrogen-bond acceptors (Lipinski definition) is 6. The predicted molar refractivity (Wildman–Crippen MR) is 122 cm³/mol. The Hall–Kier alpha value is -3.26. The van der Waals surface area contributed by atoms with E-state index in [0.717, 1.165) is 12.0 Å². The minimum atomic E-state index is -0.435. The van der Waals surface area contributed by atoms with E-state index < -0.39 is 11.9 Å². The van der Waals surface area contributed by atoms with Gasteiger partial charge in [0.2, 0.25) is 5.91 Å². The summed E-state index contributed by atoms with van der Waals surface area (Å²) >= 11 is 5.11. The summed E-state index contributed by atoms with van der Waals surface area (Å²) in [5.74, 6) is -1.22. The van der Waals surface area contributed by atoms with E-state index in [9.17, 15) is 14.4 Å². The Morgan fingerprint density at radius 2 is 1.61 bits per heavy atom. The van der Waals surface area contributed by atoms with Crippen LogP contribution in [0.4, 0.5) is 5.69 Å². The second-order valence-corrected chi connectivity index (χ2v) is 7.08. The number of ether oxygens (including phenoxy) is 2. The third-order valence-electron chi connectivity index (χ3n) is 4.12. The number of carbonyl (C=O) groups is 3. The summed E-state index contributed by atoms with van der Waals surface area (Å²) in [6, 6.07) is 16.2. The SMILES string of the molecule is CCCOC(=O)c1ccc(NC(=S)NC(=O)CCC(=O)OCCc2ccccc2)cc1. The van der Waals surface area contributed by atoms with Crippen LogP contribution in [0.1, 0.15) is 42.1 Å². The first kappa shape index (κ1) is 24.0. The van der Waals surface area contributed by atoms with Gasteiger partial charge in [-0.1, -0.05) is 37.3 Å². The first-order valence-electron chi connectivity index (χ1n) is 10.1. The van der Waals surface area contributed by atoms with Crippen molar-refractivity contribution in [2.75, 3.05) is 18.5 Å². The third-order valence-corrected chi connectivity index (χ3v) is 4.33. The summed E-state index contributed by atoms with van der Waals surface area (Å²) < 4.78 is 10.2. The minimum Gasteiger partial charge on any atom is -0.465 e. The molecule has 0 aliphatic heterocycles. The maximum Gasteiger partial charge on any atom is 0.338 e. The summed E-state index contributed by atoms with van der Waals surface area (Å²) in [4.78, 5) is 35.5. The minimum absolute atomic E-state index is 0.0300. The molecule has 1 amide bonds. The first-order chi connectivity index (χ1) is 15.0. The highest BCUT2D eigenvalue weighted by Crippen LogP contribution is 2.11. The molecule has 0 aromatic heterocycles. The van der Waals surface area contributed by atoms with Gasteiger partial charge in [-0.25, -0.2) is 4.79 Å². The molecule has 0 spiro atoms. The lowest BCUT2D eigenvalue weighted by Crippen LogP contribution is -2.34. The lowest BCUT2D eigenvalue weighted by Gasteiger charge is -2.10. The highest BCUT2D eigenvalue weighted by atomic mass is 32.1. The van der Waals surface area contributed by atoms with E-state index in [4.69, 9.17) is 21.7 Å². The molecule has 164 valence electrons. The molecule has 0 unspecified atom stereocenters. The van der Waals surface area contributed by atoms with Crippen LogP contribution in [0.15, 0.2) is 54.6 Å². The van der Waals surface area contributed by atoms with Crippen LogP contribution in [-0.4, -0.2) is 36.2 Å². The van der Waals surface area contributed by atoms with Crippen LogP contribution in [-0.2, 0) is 25.5 Å². The Labute approximate surface area is 187 Å². The average Bonchev–Trinajstić information content (AvgIpc) is 2.77. The Morgan fingerprint density at radius 1 is 0.903 bits per heavy atom. The van der Waals surface area contributed by atoms with E-state index in [-0.39, 0.29) is 30.5 Å². The molecule has 2 rings (SSSR count). The van der Waals surface area contributed by atoms with Gasteiger partial charge in [-0.3, -0.25) is 9.59 Å². The second kappa shape index (κ2) is 13.1. The molecule has 0 saturated carbocycles. The van der Waals surface area contributed by atoms with E-state index in [2.05, 4.69) is 10.6 Å². The molecule has 0 bridgehead atoms. The predicted octanol–water partition coefficient (Wildman–Crippen LogP) is 3.63. The first-order valence-corrected chi connectivity index (χ1v) is 10.5. The van der Waals surface area contributed by atoms with Gasteiger partial charge in [-0.15, -0.1) is 0 Å². The van der Waals surface area contributed by atoms with Crippen molar-refractivity contribution < 1.29 is 23.9 Å². The molecule has 0 radical (unpaired) electrons. The van der Waals surface area contributed by atoms with E-state index in [1.165, 1.54) is 0 Å². The summed E-state index contributed by atoms with van der Waals surface area (Å²) in [7, 11) is 0. The van der Waals surface area contributed by atoms with Crippen molar-refractivity contribution in [2.45, 2.75) is 32.6 Å². The van der Waals surface area contributed by atoms with Crippen molar-refractivity contribution in [3.05, 3.63) is 65.7 Å². The summed E-state index contributed by atoms with van der Waals surface area (Å²) in [5.41, 5.74) is 2.12. The van der Waals surface area contributed by atoms with Crippen LogP contribution >= 0.6 is 12.2 Å². The normalized spacial score (nSPS) is 10.1.